The van der Waals surface area contributed by atoms with Crippen LogP contribution in [-0.4, -0.2) is 30.8 Å². The molecule has 0 radical (unpaired) electrons. The van der Waals surface area contributed by atoms with Gasteiger partial charge in [-0.05, 0) is 55.0 Å². The van der Waals surface area contributed by atoms with Gasteiger partial charge in [0.25, 0.3) is 0 Å². The van der Waals surface area contributed by atoms with Gasteiger partial charge in [-0.15, -0.1) is 0 Å². The Kier molecular flexibility index (Phi) is 6.49. The van der Waals surface area contributed by atoms with Gasteiger partial charge in [-0.3, -0.25) is 14.4 Å². The standard InChI is InChI=1S/C22H26N4O3/c1-15(2)22(29)25-18-7-5-16(6-8-18)23-14-20(27)24-17-9-11-19(12-10-17)26-13-3-4-21(26)28/h5-12,15,23H,3-4,13-14H2,1-2H3,(H,24,27)(H,25,29). The van der Waals surface area contributed by atoms with Crippen LogP contribution in [0.5, 0.6) is 0 Å². The summed E-state index contributed by atoms with van der Waals surface area (Å²) in [6.45, 7) is 4.53. The summed E-state index contributed by atoms with van der Waals surface area (Å²) in [5.74, 6) is -0.153. The zero-order valence-electron chi connectivity index (χ0n) is 16.7. The van der Waals surface area contributed by atoms with Crippen LogP contribution in [0, 0.1) is 5.92 Å². The number of carbonyl (C=O) groups is 3. The second-order valence-corrected chi connectivity index (χ2v) is 7.32. The molecular weight excluding hydrogens is 368 g/mol. The first-order valence-electron chi connectivity index (χ1n) is 9.77. The normalized spacial score (nSPS) is 13.5. The van der Waals surface area contributed by atoms with E-state index < -0.39 is 0 Å². The lowest BCUT2D eigenvalue weighted by Crippen LogP contribution is -2.24. The molecule has 29 heavy (non-hydrogen) atoms. The topological polar surface area (TPSA) is 90.5 Å². The second kappa shape index (κ2) is 9.23. The van der Waals surface area contributed by atoms with Crippen molar-refractivity contribution in [1.82, 2.24) is 0 Å². The van der Waals surface area contributed by atoms with Gasteiger partial charge in [-0.2, -0.15) is 0 Å². The number of hydrogen-bond donors (Lipinski definition) is 3. The van der Waals surface area contributed by atoms with Crippen LogP contribution in [0.15, 0.2) is 48.5 Å². The van der Waals surface area contributed by atoms with E-state index in [1.165, 1.54) is 0 Å². The molecule has 3 N–H and O–H groups in total. The average Bonchev–Trinajstić information content (AvgIpc) is 3.14. The molecule has 3 rings (SSSR count). The molecule has 1 fully saturated rings. The van der Waals surface area contributed by atoms with Gasteiger partial charge in [0, 0.05) is 41.6 Å². The number of benzene rings is 2. The fraction of sp³-hybridized carbons (Fsp3) is 0.318. The molecule has 2 aromatic rings. The third-order valence-electron chi connectivity index (χ3n) is 4.67. The molecule has 7 heteroatoms. The highest BCUT2D eigenvalue weighted by Gasteiger charge is 2.21. The highest BCUT2D eigenvalue weighted by molar-refractivity contribution is 5.97. The van der Waals surface area contributed by atoms with Crippen molar-refractivity contribution in [1.29, 1.82) is 0 Å². The quantitative estimate of drug-likeness (QED) is 0.671. The molecule has 0 atom stereocenters. The summed E-state index contributed by atoms with van der Waals surface area (Å²) in [5, 5.41) is 8.70. The first-order valence-corrected chi connectivity index (χ1v) is 9.77. The number of amides is 3. The number of anilines is 4. The first-order chi connectivity index (χ1) is 13.9. The molecule has 0 aliphatic carbocycles. The Morgan fingerprint density at radius 1 is 0.931 bits per heavy atom. The van der Waals surface area contributed by atoms with Crippen molar-refractivity contribution in [3.05, 3.63) is 48.5 Å². The van der Waals surface area contributed by atoms with E-state index in [-0.39, 0.29) is 30.2 Å². The van der Waals surface area contributed by atoms with Crippen molar-refractivity contribution >= 4 is 40.5 Å². The summed E-state index contributed by atoms with van der Waals surface area (Å²) < 4.78 is 0. The van der Waals surface area contributed by atoms with Crippen molar-refractivity contribution in [3.8, 4) is 0 Å². The molecule has 1 heterocycles. The molecule has 0 saturated carbocycles. The molecule has 1 aliphatic heterocycles. The van der Waals surface area contributed by atoms with E-state index in [9.17, 15) is 14.4 Å². The molecule has 0 spiro atoms. The minimum atomic E-state index is -0.174. The van der Waals surface area contributed by atoms with Crippen molar-refractivity contribution in [2.24, 2.45) is 5.92 Å². The van der Waals surface area contributed by atoms with Crippen LogP contribution in [-0.2, 0) is 14.4 Å². The average molecular weight is 394 g/mol. The Morgan fingerprint density at radius 2 is 1.52 bits per heavy atom. The fourth-order valence-electron chi connectivity index (χ4n) is 2.99. The molecule has 3 amide bonds. The van der Waals surface area contributed by atoms with Gasteiger partial charge in [0.1, 0.15) is 0 Å². The molecule has 0 bridgehead atoms. The Bertz CT molecular complexity index is 876. The van der Waals surface area contributed by atoms with E-state index >= 15 is 0 Å². The maximum absolute atomic E-state index is 12.2. The summed E-state index contributed by atoms with van der Waals surface area (Å²) in [6.07, 6.45) is 1.48. The predicted molar refractivity (Wildman–Crippen MR) is 115 cm³/mol. The maximum atomic E-state index is 12.2. The second-order valence-electron chi connectivity index (χ2n) is 7.32. The van der Waals surface area contributed by atoms with Crippen molar-refractivity contribution < 1.29 is 14.4 Å². The van der Waals surface area contributed by atoms with Crippen molar-refractivity contribution in [2.45, 2.75) is 26.7 Å². The third kappa shape index (κ3) is 5.57. The molecule has 0 unspecified atom stereocenters. The number of carbonyl (C=O) groups excluding carboxylic acids is 3. The van der Waals surface area contributed by atoms with Gasteiger partial charge in [0.05, 0.1) is 6.54 Å². The molecule has 152 valence electrons. The zero-order chi connectivity index (χ0) is 20.8. The van der Waals surface area contributed by atoms with E-state index in [0.717, 1.165) is 30.0 Å². The van der Waals surface area contributed by atoms with Crippen LogP contribution in [0.2, 0.25) is 0 Å². The lowest BCUT2D eigenvalue weighted by molar-refractivity contribution is -0.119. The summed E-state index contributed by atoms with van der Waals surface area (Å²) >= 11 is 0. The summed E-state index contributed by atoms with van der Waals surface area (Å²) in [6, 6.07) is 14.5. The van der Waals surface area contributed by atoms with E-state index in [4.69, 9.17) is 0 Å². The maximum Gasteiger partial charge on any atom is 0.243 e. The minimum absolute atomic E-state index is 0.0368. The number of hydrogen-bond acceptors (Lipinski definition) is 4. The first kappa shape index (κ1) is 20.4. The van der Waals surface area contributed by atoms with E-state index in [1.54, 1.807) is 29.2 Å². The SMILES string of the molecule is CC(C)C(=O)Nc1ccc(NCC(=O)Nc2ccc(N3CCCC3=O)cc2)cc1. The van der Waals surface area contributed by atoms with Crippen LogP contribution in [0.3, 0.4) is 0 Å². The van der Waals surface area contributed by atoms with Crippen LogP contribution in [0.25, 0.3) is 0 Å². The third-order valence-corrected chi connectivity index (χ3v) is 4.67. The van der Waals surface area contributed by atoms with Crippen molar-refractivity contribution in [3.63, 3.8) is 0 Å². The Balaban J connectivity index is 1.47. The predicted octanol–water partition coefficient (Wildman–Crippen LogP) is 3.46. The van der Waals surface area contributed by atoms with Gasteiger partial charge in [-0.1, -0.05) is 13.8 Å². The number of nitrogens with one attached hydrogen (secondary N) is 3. The Hall–Kier alpha value is -3.35. The van der Waals surface area contributed by atoms with E-state index in [0.29, 0.717) is 12.1 Å². The molecule has 2 aromatic carbocycles. The van der Waals surface area contributed by atoms with Crippen LogP contribution >= 0.6 is 0 Å². The molecular formula is C22H26N4O3. The molecule has 1 saturated heterocycles. The van der Waals surface area contributed by atoms with Gasteiger partial charge in [0.15, 0.2) is 0 Å². The lowest BCUT2D eigenvalue weighted by atomic mass is 10.2. The van der Waals surface area contributed by atoms with Crippen LogP contribution in [0.1, 0.15) is 26.7 Å². The van der Waals surface area contributed by atoms with Crippen LogP contribution in [0.4, 0.5) is 22.7 Å². The van der Waals surface area contributed by atoms with E-state index in [2.05, 4.69) is 16.0 Å². The van der Waals surface area contributed by atoms with Gasteiger partial charge >= 0.3 is 0 Å². The smallest absolute Gasteiger partial charge is 0.243 e. The lowest BCUT2D eigenvalue weighted by Gasteiger charge is -2.16. The molecule has 0 aromatic heterocycles. The van der Waals surface area contributed by atoms with Crippen LogP contribution < -0.4 is 20.9 Å². The fourth-order valence-corrected chi connectivity index (χ4v) is 2.99. The summed E-state index contributed by atoms with van der Waals surface area (Å²) in [7, 11) is 0. The van der Waals surface area contributed by atoms with E-state index in [1.807, 2.05) is 38.1 Å². The summed E-state index contributed by atoms with van der Waals surface area (Å²) in [5.41, 5.74) is 3.04. The highest BCUT2D eigenvalue weighted by atomic mass is 16.2. The summed E-state index contributed by atoms with van der Waals surface area (Å²) in [4.78, 5) is 37.4. The minimum Gasteiger partial charge on any atom is -0.376 e. The number of nitrogens with zero attached hydrogens (tertiary/aromatic N) is 1. The molecule has 7 nitrogen and oxygen atoms in total. The van der Waals surface area contributed by atoms with Crippen molar-refractivity contribution in [2.75, 3.05) is 33.9 Å². The Morgan fingerprint density at radius 3 is 2.10 bits per heavy atom. The van der Waals surface area contributed by atoms with Gasteiger partial charge in [-0.25, -0.2) is 0 Å². The number of rotatable bonds is 7. The van der Waals surface area contributed by atoms with Gasteiger partial charge in [0.2, 0.25) is 17.7 Å². The Labute approximate surface area is 170 Å². The molecule has 1 aliphatic rings. The zero-order valence-corrected chi connectivity index (χ0v) is 16.7. The van der Waals surface area contributed by atoms with Gasteiger partial charge < -0.3 is 20.9 Å². The monoisotopic (exact) mass is 394 g/mol. The highest BCUT2D eigenvalue weighted by Crippen LogP contribution is 2.23. The largest absolute Gasteiger partial charge is 0.376 e.